The average Bonchev–Trinajstić information content (AvgIpc) is 2.83. The molecule has 108 valence electrons. The fraction of sp³-hybridized carbons (Fsp3) is 0.533. The van der Waals surface area contributed by atoms with E-state index in [1.165, 1.54) is 6.42 Å². The Morgan fingerprint density at radius 1 is 1.40 bits per heavy atom. The van der Waals surface area contributed by atoms with Crippen LogP contribution in [0.4, 0.5) is 0 Å². The predicted octanol–water partition coefficient (Wildman–Crippen LogP) is 3.42. The SMILES string of the molecule is OCCCc1nc2cc(Br)ccc2n1C1CCCCO1. The minimum absolute atomic E-state index is 0.0867. The first-order chi connectivity index (χ1) is 9.79. The van der Waals surface area contributed by atoms with Gasteiger partial charge in [0.05, 0.1) is 11.0 Å². The van der Waals surface area contributed by atoms with Crippen LogP contribution in [0.5, 0.6) is 0 Å². The van der Waals surface area contributed by atoms with E-state index in [4.69, 9.17) is 14.8 Å². The van der Waals surface area contributed by atoms with E-state index in [9.17, 15) is 0 Å². The fourth-order valence-corrected chi connectivity index (χ4v) is 3.13. The third kappa shape index (κ3) is 2.75. The van der Waals surface area contributed by atoms with Crippen LogP contribution in [0.25, 0.3) is 11.0 Å². The minimum Gasteiger partial charge on any atom is -0.396 e. The first kappa shape index (κ1) is 14.0. The maximum atomic E-state index is 9.07. The van der Waals surface area contributed by atoms with E-state index in [0.717, 1.165) is 53.6 Å². The molecule has 1 aliphatic heterocycles. The molecule has 2 aromatic rings. The lowest BCUT2D eigenvalue weighted by molar-refractivity contribution is -0.0311. The highest BCUT2D eigenvalue weighted by Gasteiger charge is 2.21. The molecule has 0 bridgehead atoms. The summed E-state index contributed by atoms with van der Waals surface area (Å²) in [5.41, 5.74) is 2.11. The van der Waals surface area contributed by atoms with Crippen LogP contribution in [-0.4, -0.2) is 27.9 Å². The smallest absolute Gasteiger partial charge is 0.135 e. The molecule has 1 N–H and O–H groups in total. The number of hydrogen-bond acceptors (Lipinski definition) is 3. The Morgan fingerprint density at radius 3 is 3.05 bits per heavy atom. The lowest BCUT2D eigenvalue weighted by Crippen LogP contribution is -2.20. The number of ether oxygens (including phenoxy) is 1. The number of nitrogens with zero attached hydrogens (tertiary/aromatic N) is 2. The van der Waals surface area contributed by atoms with Gasteiger partial charge in [-0.25, -0.2) is 4.98 Å². The van der Waals surface area contributed by atoms with Crippen LogP contribution in [0.2, 0.25) is 0 Å². The van der Waals surface area contributed by atoms with Crippen molar-refractivity contribution in [3.05, 3.63) is 28.5 Å². The summed E-state index contributed by atoms with van der Waals surface area (Å²) < 4.78 is 9.18. The van der Waals surface area contributed by atoms with E-state index in [-0.39, 0.29) is 12.8 Å². The first-order valence-corrected chi connectivity index (χ1v) is 7.98. The monoisotopic (exact) mass is 338 g/mol. The lowest BCUT2D eigenvalue weighted by atomic mass is 10.1. The molecule has 0 saturated carbocycles. The molecule has 0 spiro atoms. The highest BCUT2D eigenvalue weighted by molar-refractivity contribution is 9.10. The van der Waals surface area contributed by atoms with Crippen LogP contribution in [0, 0.1) is 0 Å². The molecule has 0 radical (unpaired) electrons. The third-order valence-corrected chi connectivity index (χ3v) is 4.22. The second-order valence-corrected chi connectivity index (χ2v) is 6.10. The topological polar surface area (TPSA) is 47.3 Å². The average molecular weight is 339 g/mol. The largest absolute Gasteiger partial charge is 0.396 e. The molecule has 1 aromatic heterocycles. The second kappa shape index (κ2) is 6.24. The van der Waals surface area contributed by atoms with E-state index < -0.39 is 0 Å². The van der Waals surface area contributed by atoms with Gasteiger partial charge in [-0.05, 0) is 43.9 Å². The number of aromatic nitrogens is 2. The molecule has 1 aromatic carbocycles. The zero-order valence-corrected chi connectivity index (χ0v) is 13.0. The summed E-state index contributed by atoms with van der Waals surface area (Å²) in [4.78, 5) is 4.73. The Hall–Kier alpha value is -0.910. The number of imidazole rings is 1. The van der Waals surface area contributed by atoms with Crippen molar-refractivity contribution in [3.8, 4) is 0 Å². The number of fused-ring (bicyclic) bond motifs is 1. The summed E-state index contributed by atoms with van der Waals surface area (Å²) in [6.07, 6.45) is 4.97. The van der Waals surface area contributed by atoms with Gasteiger partial charge in [0.25, 0.3) is 0 Å². The van der Waals surface area contributed by atoms with Crippen molar-refractivity contribution in [1.82, 2.24) is 9.55 Å². The fourth-order valence-electron chi connectivity index (χ4n) is 2.78. The van der Waals surface area contributed by atoms with Crippen molar-refractivity contribution in [2.75, 3.05) is 13.2 Å². The molecular formula is C15H19BrN2O2. The van der Waals surface area contributed by atoms with Gasteiger partial charge < -0.3 is 14.4 Å². The molecule has 4 nitrogen and oxygen atoms in total. The quantitative estimate of drug-likeness (QED) is 0.928. The van der Waals surface area contributed by atoms with Crippen molar-refractivity contribution < 1.29 is 9.84 Å². The molecule has 0 aliphatic carbocycles. The van der Waals surface area contributed by atoms with Crippen molar-refractivity contribution in [3.63, 3.8) is 0 Å². The Labute approximate surface area is 126 Å². The number of rotatable bonds is 4. The summed E-state index contributed by atoms with van der Waals surface area (Å²) in [5, 5.41) is 9.07. The number of hydrogen-bond donors (Lipinski definition) is 1. The molecule has 1 fully saturated rings. The molecule has 20 heavy (non-hydrogen) atoms. The third-order valence-electron chi connectivity index (χ3n) is 3.73. The summed E-state index contributed by atoms with van der Waals surface area (Å²) in [5.74, 6) is 1.01. The molecule has 1 unspecified atom stereocenters. The van der Waals surface area contributed by atoms with Gasteiger partial charge in [0, 0.05) is 24.1 Å². The van der Waals surface area contributed by atoms with E-state index >= 15 is 0 Å². The highest BCUT2D eigenvalue weighted by Crippen LogP contribution is 2.30. The Kier molecular flexibility index (Phi) is 4.38. The first-order valence-electron chi connectivity index (χ1n) is 7.18. The van der Waals surface area contributed by atoms with Crippen LogP contribution in [-0.2, 0) is 11.2 Å². The number of aryl methyl sites for hydroxylation is 1. The van der Waals surface area contributed by atoms with Gasteiger partial charge in [0.2, 0.25) is 0 Å². The van der Waals surface area contributed by atoms with Crippen molar-refractivity contribution in [2.45, 2.75) is 38.3 Å². The van der Waals surface area contributed by atoms with Gasteiger partial charge in [0.1, 0.15) is 12.1 Å². The van der Waals surface area contributed by atoms with Gasteiger partial charge >= 0.3 is 0 Å². The van der Waals surface area contributed by atoms with E-state index in [0.29, 0.717) is 0 Å². The maximum Gasteiger partial charge on any atom is 0.135 e. The molecule has 2 heterocycles. The van der Waals surface area contributed by atoms with E-state index in [1.807, 2.05) is 12.1 Å². The number of benzene rings is 1. The van der Waals surface area contributed by atoms with Crippen LogP contribution in [0.15, 0.2) is 22.7 Å². The van der Waals surface area contributed by atoms with Gasteiger partial charge in [0.15, 0.2) is 0 Å². The zero-order chi connectivity index (χ0) is 13.9. The normalized spacial score (nSPS) is 19.6. The van der Waals surface area contributed by atoms with Crippen LogP contribution >= 0.6 is 15.9 Å². The van der Waals surface area contributed by atoms with E-state index in [2.05, 4.69) is 26.6 Å². The van der Waals surface area contributed by atoms with E-state index in [1.54, 1.807) is 0 Å². The summed E-state index contributed by atoms with van der Waals surface area (Å²) in [7, 11) is 0. The molecule has 3 rings (SSSR count). The summed E-state index contributed by atoms with van der Waals surface area (Å²) in [6.45, 7) is 1.01. The van der Waals surface area contributed by atoms with Gasteiger partial charge in [-0.2, -0.15) is 0 Å². The van der Waals surface area contributed by atoms with Crippen LogP contribution in [0.1, 0.15) is 37.7 Å². The standard InChI is InChI=1S/C15H19BrN2O2/c16-11-6-7-13-12(10-11)17-14(4-3-8-19)18(13)15-5-1-2-9-20-15/h6-7,10,15,19H,1-5,8-9H2. The number of aliphatic hydroxyl groups is 1. The van der Waals surface area contributed by atoms with Gasteiger partial charge in [-0.15, -0.1) is 0 Å². The number of halogens is 1. The van der Waals surface area contributed by atoms with Gasteiger partial charge in [-0.3, -0.25) is 0 Å². The number of aliphatic hydroxyl groups excluding tert-OH is 1. The van der Waals surface area contributed by atoms with Crippen LogP contribution in [0.3, 0.4) is 0 Å². The van der Waals surface area contributed by atoms with Crippen molar-refractivity contribution in [1.29, 1.82) is 0 Å². The Morgan fingerprint density at radius 2 is 2.30 bits per heavy atom. The molecule has 1 atom stereocenters. The molecular weight excluding hydrogens is 320 g/mol. The van der Waals surface area contributed by atoms with Crippen molar-refractivity contribution >= 4 is 27.0 Å². The molecule has 0 amide bonds. The van der Waals surface area contributed by atoms with Crippen molar-refractivity contribution in [2.24, 2.45) is 0 Å². The Bertz CT molecular complexity index is 591. The van der Waals surface area contributed by atoms with Gasteiger partial charge in [-0.1, -0.05) is 15.9 Å². The zero-order valence-electron chi connectivity index (χ0n) is 11.4. The molecule has 1 saturated heterocycles. The highest BCUT2D eigenvalue weighted by atomic mass is 79.9. The lowest BCUT2D eigenvalue weighted by Gasteiger charge is -2.26. The molecule has 5 heteroatoms. The second-order valence-electron chi connectivity index (χ2n) is 5.18. The predicted molar refractivity (Wildman–Crippen MR) is 81.7 cm³/mol. The summed E-state index contributed by atoms with van der Waals surface area (Å²) in [6, 6.07) is 6.17. The van der Waals surface area contributed by atoms with Crippen LogP contribution < -0.4 is 0 Å². The summed E-state index contributed by atoms with van der Waals surface area (Å²) >= 11 is 3.49. The minimum atomic E-state index is 0.0867. The Balaban J connectivity index is 2.04. The molecule has 1 aliphatic rings. The maximum absolute atomic E-state index is 9.07.